The number of rotatable bonds is 5. The molecule has 0 unspecified atom stereocenters. The van der Waals surface area contributed by atoms with Gasteiger partial charge in [-0.3, -0.25) is 0 Å². The lowest BCUT2D eigenvalue weighted by Gasteiger charge is -2.45. The molecule has 3 N–H and O–H groups in total. The number of nitrogens with zero attached hydrogens (tertiary/aromatic N) is 1. The van der Waals surface area contributed by atoms with Crippen molar-refractivity contribution in [1.82, 2.24) is 10.2 Å². The normalized spacial score (nSPS) is 22.6. The maximum absolute atomic E-state index is 12.7. The quantitative estimate of drug-likeness (QED) is 0.388. The molecule has 3 atom stereocenters. The third-order valence-corrected chi connectivity index (χ3v) is 7.53. The summed E-state index contributed by atoms with van der Waals surface area (Å²) in [4.78, 5) is 23.8. The van der Waals surface area contributed by atoms with Crippen molar-refractivity contribution in [1.29, 1.82) is 0 Å². The van der Waals surface area contributed by atoms with E-state index < -0.39 is 29.9 Å². The fourth-order valence-electron chi connectivity index (χ4n) is 5.49. The molecular weight excluding hydrogens is 560 g/mol. The number of halogens is 6. The molecule has 2 aromatic carbocycles. The van der Waals surface area contributed by atoms with Crippen LogP contribution in [0.15, 0.2) is 42.5 Å². The molecule has 2 amide bonds. The Morgan fingerprint density at radius 3 is 2.12 bits per heavy atom. The molecule has 41 heavy (non-hydrogen) atoms. The van der Waals surface area contributed by atoms with Crippen LogP contribution >= 0.6 is 0 Å². The molecule has 1 saturated carbocycles. The SMILES string of the molecule is COc1ccc([C@@]23CC[C@@H](NC(=O)Nc4ccc(C(F)(F)F)cc4)C[C@@H]2N(C)CC3)cc1OC.O=C(O)C(F)(F)F. The van der Waals surface area contributed by atoms with Crippen molar-refractivity contribution >= 4 is 17.7 Å². The second-order valence-corrected chi connectivity index (χ2v) is 9.92. The Labute approximate surface area is 232 Å². The van der Waals surface area contributed by atoms with Crippen molar-refractivity contribution in [2.75, 3.05) is 33.1 Å². The van der Waals surface area contributed by atoms with Crippen molar-refractivity contribution < 1.29 is 50.5 Å². The van der Waals surface area contributed by atoms with E-state index in [1.807, 2.05) is 6.07 Å². The zero-order chi connectivity index (χ0) is 30.6. The van der Waals surface area contributed by atoms with E-state index >= 15 is 0 Å². The number of carbonyl (C=O) groups is 2. The molecule has 2 aromatic rings. The maximum atomic E-state index is 12.7. The second-order valence-electron chi connectivity index (χ2n) is 9.92. The van der Waals surface area contributed by atoms with Gasteiger partial charge >= 0.3 is 24.4 Å². The highest BCUT2D eigenvalue weighted by Crippen LogP contribution is 2.49. The summed E-state index contributed by atoms with van der Waals surface area (Å²) in [6.45, 7) is 0.962. The molecule has 1 saturated heterocycles. The molecule has 1 aliphatic heterocycles. The molecule has 14 heteroatoms. The van der Waals surface area contributed by atoms with Gasteiger partial charge in [0.2, 0.25) is 0 Å². The fourth-order valence-corrected chi connectivity index (χ4v) is 5.49. The predicted molar refractivity (Wildman–Crippen MR) is 137 cm³/mol. The van der Waals surface area contributed by atoms with Crippen LogP contribution in [-0.2, 0) is 16.4 Å². The zero-order valence-corrected chi connectivity index (χ0v) is 22.5. The van der Waals surface area contributed by atoms with E-state index in [0.717, 1.165) is 44.4 Å². The number of urea groups is 1. The molecule has 0 aromatic heterocycles. The molecule has 4 rings (SSSR count). The fraction of sp³-hybridized carbons (Fsp3) is 0.481. The number of likely N-dealkylation sites (tertiary alicyclic amines) is 1. The first-order valence-corrected chi connectivity index (χ1v) is 12.6. The number of methoxy groups -OCH3 is 2. The second kappa shape index (κ2) is 12.5. The summed E-state index contributed by atoms with van der Waals surface area (Å²) < 4.78 is 80.9. The average molecular weight is 592 g/mol. The number of aliphatic carboxylic acids is 1. The summed E-state index contributed by atoms with van der Waals surface area (Å²) in [5.74, 6) is -1.35. The van der Waals surface area contributed by atoms with Gasteiger partial charge in [0.25, 0.3) is 0 Å². The van der Waals surface area contributed by atoms with E-state index in [9.17, 15) is 31.1 Å². The lowest BCUT2D eigenvalue weighted by Crippen LogP contribution is -2.52. The van der Waals surface area contributed by atoms with Gasteiger partial charge in [-0.2, -0.15) is 26.3 Å². The predicted octanol–water partition coefficient (Wildman–Crippen LogP) is 5.67. The molecule has 0 bridgehead atoms. The minimum Gasteiger partial charge on any atom is -0.493 e. The lowest BCUT2D eigenvalue weighted by molar-refractivity contribution is -0.192. The van der Waals surface area contributed by atoms with Crippen LogP contribution in [0.2, 0.25) is 0 Å². The van der Waals surface area contributed by atoms with E-state index in [4.69, 9.17) is 19.4 Å². The number of anilines is 1. The van der Waals surface area contributed by atoms with Crippen LogP contribution in [0.4, 0.5) is 36.8 Å². The number of alkyl halides is 6. The number of hydrogen-bond donors (Lipinski definition) is 3. The lowest BCUT2D eigenvalue weighted by atomic mass is 9.65. The highest BCUT2D eigenvalue weighted by atomic mass is 19.4. The summed E-state index contributed by atoms with van der Waals surface area (Å²) in [5.41, 5.74) is 0.753. The first-order chi connectivity index (χ1) is 19.1. The number of likely N-dealkylation sites (N-methyl/N-ethyl adjacent to an activating group) is 1. The molecule has 1 aliphatic carbocycles. The average Bonchev–Trinajstić information content (AvgIpc) is 3.24. The van der Waals surface area contributed by atoms with E-state index in [0.29, 0.717) is 17.2 Å². The summed E-state index contributed by atoms with van der Waals surface area (Å²) in [6.07, 6.45) is -5.97. The van der Waals surface area contributed by atoms with Gasteiger partial charge in [0.1, 0.15) is 0 Å². The van der Waals surface area contributed by atoms with E-state index in [1.54, 1.807) is 14.2 Å². The first-order valence-electron chi connectivity index (χ1n) is 12.6. The van der Waals surface area contributed by atoms with Crippen molar-refractivity contribution in [3.05, 3.63) is 53.6 Å². The number of benzene rings is 2. The Balaban J connectivity index is 0.000000587. The molecule has 2 fully saturated rings. The minimum absolute atomic E-state index is 0.0314. The van der Waals surface area contributed by atoms with Gasteiger partial charge in [0.15, 0.2) is 11.5 Å². The third kappa shape index (κ3) is 7.54. The molecular formula is C27H31F6N3O5. The number of carbonyl (C=O) groups excluding carboxylic acids is 1. The Bertz CT molecular complexity index is 1220. The Hall–Kier alpha value is -3.68. The zero-order valence-electron chi connectivity index (χ0n) is 22.5. The van der Waals surface area contributed by atoms with Crippen molar-refractivity contribution in [3.8, 4) is 11.5 Å². The van der Waals surface area contributed by atoms with Gasteiger partial charge < -0.3 is 30.1 Å². The minimum atomic E-state index is -5.08. The molecule has 0 spiro atoms. The molecule has 0 radical (unpaired) electrons. The highest BCUT2D eigenvalue weighted by molar-refractivity contribution is 5.89. The molecule has 8 nitrogen and oxygen atoms in total. The molecule has 1 heterocycles. The van der Waals surface area contributed by atoms with E-state index in [2.05, 4.69) is 34.7 Å². The van der Waals surface area contributed by atoms with E-state index in [-0.39, 0.29) is 17.5 Å². The third-order valence-electron chi connectivity index (χ3n) is 7.53. The van der Waals surface area contributed by atoms with Crippen molar-refractivity contribution in [2.24, 2.45) is 0 Å². The number of carboxylic acids is 1. The Morgan fingerprint density at radius 2 is 1.59 bits per heavy atom. The number of fused-ring (bicyclic) bond motifs is 1. The summed E-state index contributed by atoms with van der Waals surface area (Å²) in [6, 6.07) is 10.4. The number of carboxylic acid groups (broad SMARTS) is 1. The van der Waals surface area contributed by atoms with Gasteiger partial charge in [-0.25, -0.2) is 9.59 Å². The Kier molecular flexibility index (Phi) is 9.67. The standard InChI is InChI=1S/C25H30F3N3O3.C2HF3O2/c1-31-13-12-24(17-6-9-20(33-2)21(14-17)34-3)11-10-19(15-22(24)31)30-23(32)29-18-7-4-16(5-8-18)25(26,27)28;3-2(4,5)1(6)7/h4-9,14,19,22H,10-13,15H2,1-3H3,(H2,29,30,32);(H,6,7)/t19-,22+,24+;/m1./s1. The summed E-state index contributed by atoms with van der Waals surface area (Å²) >= 11 is 0. The number of amides is 2. The van der Waals surface area contributed by atoms with Crippen LogP contribution < -0.4 is 20.1 Å². The van der Waals surface area contributed by atoms with Crippen LogP contribution in [0.1, 0.15) is 36.8 Å². The maximum Gasteiger partial charge on any atom is 0.490 e. The summed E-state index contributed by atoms with van der Waals surface area (Å²) in [7, 11) is 5.36. The van der Waals surface area contributed by atoms with Crippen LogP contribution in [0.5, 0.6) is 11.5 Å². The summed E-state index contributed by atoms with van der Waals surface area (Å²) in [5, 5.41) is 12.8. The Morgan fingerprint density at radius 1 is 0.976 bits per heavy atom. The number of ether oxygens (including phenoxy) is 2. The smallest absolute Gasteiger partial charge is 0.490 e. The van der Waals surface area contributed by atoms with Gasteiger partial charge in [-0.1, -0.05) is 6.07 Å². The van der Waals surface area contributed by atoms with Crippen LogP contribution in [0, 0.1) is 0 Å². The van der Waals surface area contributed by atoms with Gasteiger partial charge in [0, 0.05) is 23.2 Å². The number of nitrogens with one attached hydrogen (secondary N) is 2. The highest BCUT2D eigenvalue weighted by Gasteiger charge is 2.50. The van der Waals surface area contributed by atoms with Crippen molar-refractivity contribution in [3.63, 3.8) is 0 Å². The van der Waals surface area contributed by atoms with E-state index in [1.165, 1.54) is 17.7 Å². The van der Waals surface area contributed by atoms with Crippen molar-refractivity contribution in [2.45, 2.75) is 55.5 Å². The molecule has 2 aliphatic rings. The first kappa shape index (κ1) is 31.8. The van der Waals surface area contributed by atoms with Crippen LogP contribution in [-0.4, -0.2) is 68.1 Å². The molecule has 226 valence electrons. The monoisotopic (exact) mass is 591 g/mol. The number of hydrogen-bond acceptors (Lipinski definition) is 5. The van der Waals surface area contributed by atoms with Crippen LogP contribution in [0.25, 0.3) is 0 Å². The van der Waals surface area contributed by atoms with Gasteiger partial charge in [-0.15, -0.1) is 0 Å². The largest absolute Gasteiger partial charge is 0.493 e. The van der Waals surface area contributed by atoms with Gasteiger partial charge in [0.05, 0.1) is 19.8 Å². The van der Waals surface area contributed by atoms with Crippen LogP contribution in [0.3, 0.4) is 0 Å². The van der Waals surface area contributed by atoms with Gasteiger partial charge in [-0.05, 0) is 81.2 Å². The topological polar surface area (TPSA) is 100 Å².